The molecule has 0 spiro atoms. The van der Waals surface area contributed by atoms with Gasteiger partial charge in [0.2, 0.25) is 0 Å². The van der Waals surface area contributed by atoms with Gasteiger partial charge in [0.25, 0.3) is 0 Å². The Morgan fingerprint density at radius 2 is 2.36 bits per heavy atom. The fourth-order valence-corrected chi connectivity index (χ4v) is 0.658. The number of carbonyl (C=O) groups is 1. The molecule has 0 aliphatic rings. The Bertz CT molecular complexity index is 230. The van der Waals surface area contributed by atoms with E-state index in [-0.39, 0.29) is 26.7 Å². The zero-order chi connectivity index (χ0) is 7.40. The zero-order valence-corrected chi connectivity index (χ0v) is 6.32. The molecule has 0 aliphatic carbocycles. The summed E-state index contributed by atoms with van der Waals surface area (Å²) in [4.78, 5) is 14.0. The summed E-state index contributed by atoms with van der Waals surface area (Å²) >= 11 is 0. The van der Waals surface area contributed by atoms with E-state index in [1.54, 1.807) is 24.4 Å². The van der Waals surface area contributed by atoms with Crippen LogP contribution in [0.2, 0.25) is 0 Å². The van der Waals surface area contributed by atoms with Gasteiger partial charge in [0.05, 0.1) is 12.1 Å². The summed E-state index contributed by atoms with van der Waals surface area (Å²) in [6, 6.07) is 5.21. The molecule has 0 saturated heterocycles. The molecule has 0 aromatic carbocycles. The maximum absolute atomic E-state index is 10.1. The Balaban J connectivity index is 0. The second kappa shape index (κ2) is 4.95. The first-order chi connectivity index (χ1) is 4.79. The summed E-state index contributed by atoms with van der Waals surface area (Å²) in [6.07, 6.45) is 1.58. The Morgan fingerprint density at radius 1 is 1.64 bits per heavy atom. The number of carboxylic acid groups (broad SMARTS) is 1. The molecule has 1 aromatic rings. The summed E-state index contributed by atoms with van der Waals surface area (Å²) < 4.78 is 0. The fourth-order valence-electron chi connectivity index (χ4n) is 0.658. The largest absolute Gasteiger partial charge is 1.00 e. The van der Waals surface area contributed by atoms with Gasteiger partial charge in [-0.3, -0.25) is 9.78 Å². The number of pyridine rings is 1. The van der Waals surface area contributed by atoms with Crippen molar-refractivity contribution < 1.29 is 30.2 Å². The Morgan fingerprint density at radius 3 is 2.82 bits per heavy atom. The molecule has 4 heteroatoms. The van der Waals surface area contributed by atoms with Gasteiger partial charge < -0.3 is 6.53 Å². The number of aliphatic carboxylic acids is 1. The van der Waals surface area contributed by atoms with Crippen LogP contribution in [0.15, 0.2) is 24.4 Å². The topological polar surface area (TPSA) is 50.2 Å². The standard InChI is InChI=1S/C7H7NO2.Li.H/c9-7(10)5-6-3-1-2-4-8-6;;/h1-4H,5H2,(H,9,10);;/q;+1;-1. The van der Waals surface area contributed by atoms with E-state index < -0.39 is 5.97 Å². The molecular weight excluding hydrogens is 137 g/mol. The monoisotopic (exact) mass is 145 g/mol. The first-order valence-electron chi connectivity index (χ1n) is 2.91. The summed E-state index contributed by atoms with van der Waals surface area (Å²) in [7, 11) is 0. The van der Waals surface area contributed by atoms with E-state index in [0.717, 1.165) is 0 Å². The van der Waals surface area contributed by atoms with Crippen LogP contribution in [0.5, 0.6) is 0 Å². The maximum Gasteiger partial charge on any atom is 1.00 e. The van der Waals surface area contributed by atoms with Gasteiger partial charge in [-0.15, -0.1) is 0 Å². The summed E-state index contributed by atoms with van der Waals surface area (Å²) in [5.41, 5.74) is 0.593. The van der Waals surface area contributed by atoms with Crippen LogP contribution >= 0.6 is 0 Å². The minimum Gasteiger partial charge on any atom is -1.00 e. The van der Waals surface area contributed by atoms with Crippen LogP contribution in [0.4, 0.5) is 0 Å². The van der Waals surface area contributed by atoms with Gasteiger partial charge in [0.1, 0.15) is 0 Å². The molecule has 1 heterocycles. The third kappa shape index (κ3) is 3.82. The van der Waals surface area contributed by atoms with E-state index in [1.807, 2.05) is 0 Å². The van der Waals surface area contributed by atoms with Crippen LogP contribution in [0.1, 0.15) is 7.12 Å². The molecule has 11 heavy (non-hydrogen) atoms. The van der Waals surface area contributed by atoms with E-state index in [4.69, 9.17) is 5.11 Å². The average molecular weight is 145 g/mol. The van der Waals surface area contributed by atoms with Gasteiger partial charge in [-0.05, 0) is 12.1 Å². The first kappa shape index (κ1) is 10.2. The van der Waals surface area contributed by atoms with Gasteiger partial charge in [0, 0.05) is 6.20 Å². The molecular formula is C7H8LiNO2. The minimum absolute atomic E-state index is 0. The molecule has 0 radical (unpaired) electrons. The molecule has 3 nitrogen and oxygen atoms in total. The van der Waals surface area contributed by atoms with Crippen molar-refractivity contribution in [3.8, 4) is 0 Å². The quantitative estimate of drug-likeness (QED) is 0.481. The van der Waals surface area contributed by atoms with Crippen molar-refractivity contribution in [3.05, 3.63) is 30.1 Å². The van der Waals surface area contributed by atoms with Crippen LogP contribution in [0.25, 0.3) is 0 Å². The average Bonchev–Trinajstić information content (AvgIpc) is 1.88. The zero-order valence-electron chi connectivity index (χ0n) is 7.32. The van der Waals surface area contributed by atoms with E-state index in [2.05, 4.69) is 4.98 Å². The van der Waals surface area contributed by atoms with E-state index in [0.29, 0.717) is 5.69 Å². The van der Waals surface area contributed by atoms with Crippen molar-refractivity contribution in [1.82, 2.24) is 4.98 Å². The third-order valence-electron chi connectivity index (χ3n) is 1.06. The van der Waals surface area contributed by atoms with Gasteiger partial charge in [0.15, 0.2) is 0 Å². The SMILES string of the molecule is O=C(O)Cc1ccccn1.[H-].[Li+]. The van der Waals surface area contributed by atoms with Crippen molar-refractivity contribution in [2.45, 2.75) is 6.42 Å². The smallest absolute Gasteiger partial charge is 1.00 e. The molecule has 1 rings (SSSR count). The van der Waals surface area contributed by atoms with Crippen molar-refractivity contribution in [2.24, 2.45) is 0 Å². The van der Waals surface area contributed by atoms with Gasteiger partial charge in [-0.1, -0.05) is 6.07 Å². The molecule has 1 aromatic heterocycles. The van der Waals surface area contributed by atoms with Gasteiger partial charge in [-0.25, -0.2) is 0 Å². The number of hydrogen-bond donors (Lipinski definition) is 1. The Labute approximate surface area is 78.1 Å². The van der Waals surface area contributed by atoms with Crippen LogP contribution in [-0.4, -0.2) is 16.1 Å². The van der Waals surface area contributed by atoms with E-state index in [1.165, 1.54) is 0 Å². The van der Waals surface area contributed by atoms with Crippen molar-refractivity contribution in [1.29, 1.82) is 0 Å². The van der Waals surface area contributed by atoms with Crippen LogP contribution in [-0.2, 0) is 11.2 Å². The van der Waals surface area contributed by atoms with E-state index >= 15 is 0 Å². The molecule has 0 bridgehead atoms. The summed E-state index contributed by atoms with van der Waals surface area (Å²) in [6.45, 7) is 0. The predicted molar refractivity (Wildman–Crippen MR) is 36.7 cm³/mol. The van der Waals surface area contributed by atoms with Crippen molar-refractivity contribution in [2.75, 3.05) is 0 Å². The Kier molecular flexibility index (Phi) is 4.59. The minimum atomic E-state index is -0.848. The predicted octanol–water partition coefficient (Wildman–Crippen LogP) is -2.17. The number of carboxylic acids is 1. The van der Waals surface area contributed by atoms with Gasteiger partial charge in [-0.2, -0.15) is 0 Å². The summed E-state index contributed by atoms with van der Waals surface area (Å²) in [5, 5.41) is 8.33. The number of hydrogen-bond acceptors (Lipinski definition) is 2. The van der Waals surface area contributed by atoms with Crippen molar-refractivity contribution >= 4 is 5.97 Å². The number of aromatic nitrogens is 1. The second-order valence-electron chi connectivity index (χ2n) is 1.89. The first-order valence-corrected chi connectivity index (χ1v) is 2.91. The molecule has 0 amide bonds. The number of nitrogens with zero attached hydrogens (tertiary/aromatic N) is 1. The molecule has 0 fully saturated rings. The normalized spacial score (nSPS) is 8.36. The molecule has 0 saturated carbocycles. The molecule has 1 N–H and O–H groups in total. The molecule has 0 atom stereocenters. The Hall–Kier alpha value is -0.783. The molecule has 0 aliphatic heterocycles. The molecule has 54 valence electrons. The van der Waals surface area contributed by atoms with Crippen LogP contribution < -0.4 is 18.9 Å². The molecule has 0 unspecified atom stereocenters. The third-order valence-corrected chi connectivity index (χ3v) is 1.06. The van der Waals surface area contributed by atoms with Gasteiger partial charge >= 0.3 is 24.8 Å². The fraction of sp³-hybridized carbons (Fsp3) is 0.143. The van der Waals surface area contributed by atoms with Crippen LogP contribution in [0.3, 0.4) is 0 Å². The van der Waals surface area contributed by atoms with Crippen LogP contribution in [0, 0.1) is 0 Å². The second-order valence-corrected chi connectivity index (χ2v) is 1.89. The number of rotatable bonds is 2. The summed E-state index contributed by atoms with van der Waals surface area (Å²) in [5.74, 6) is -0.848. The maximum atomic E-state index is 10.1. The van der Waals surface area contributed by atoms with E-state index in [9.17, 15) is 4.79 Å². The van der Waals surface area contributed by atoms with Crippen molar-refractivity contribution in [3.63, 3.8) is 0 Å².